The molecule has 0 fully saturated rings. The SMILES string of the molecule is CCNC(CC)c1ccccc1OC(CC)C(N)=O. The van der Waals surface area contributed by atoms with Crippen LogP contribution in [0.3, 0.4) is 0 Å². The van der Waals surface area contributed by atoms with Crippen LogP contribution < -0.4 is 15.8 Å². The number of nitrogens with one attached hydrogen (secondary N) is 1. The topological polar surface area (TPSA) is 64.3 Å². The number of hydrogen-bond acceptors (Lipinski definition) is 3. The van der Waals surface area contributed by atoms with Gasteiger partial charge in [0.2, 0.25) is 0 Å². The Labute approximate surface area is 115 Å². The van der Waals surface area contributed by atoms with Gasteiger partial charge in [0.25, 0.3) is 5.91 Å². The molecule has 0 heterocycles. The first kappa shape index (κ1) is 15.5. The molecule has 4 nitrogen and oxygen atoms in total. The lowest BCUT2D eigenvalue weighted by Gasteiger charge is -2.22. The zero-order valence-corrected chi connectivity index (χ0v) is 12.0. The Morgan fingerprint density at radius 2 is 1.95 bits per heavy atom. The highest BCUT2D eigenvalue weighted by Gasteiger charge is 2.19. The Hall–Kier alpha value is -1.55. The van der Waals surface area contributed by atoms with Crippen molar-refractivity contribution in [1.82, 2.24) is 5.32 Å². The van der Waals surface area contributed by atoms with Crippen molar-refractivity contribution in [2.75, 3.05) is 6.54 Å². The van der Waals surface area contributed by atoms with Gasteiger partial charge in [0, 0.05) is 11.6 Å². The lowest BCUT2D eigenvalue weighted by atomic mass is 10.0. The first-order chi connectivity index (χ1) is 9.13. The number of carbonyl (C=O) groups excluding carboxylic acids is 1. The number of benzene rings is 1. The van der Waals surface area contributed by atoms with Crippen LogP contribution in [0.15, 0.2) is 24.3 Å². The number of ether oxygens (including phenoxy) is 1. The van der Waals surface area contributed by atoms with Crippen LogP contribution >= 0.6 is 0 Å². The molecule has 2 unspecified atom stereocenters. The summed E-state index contributed by atoms with van der Waals surface area (Å²) in [6, 6.07) is 8.03. The average molecular weight is 264 g/mol. The van der Waals surface area contributed by atoms with E-state index in [0.717, 1.165) is 24.3 Å². The van der Waals surface area contributed by atoms with Crippen molar-refractivity contribution in [2.45, 2.75) is 45.8 Å². The minimum absolute atomic E-state index is 0.228. The van der Waals surface area contributed by atoms with Gasteiger partial charge in [0.05, 0.1) is 0 Å². The van der Waals surface area contributed by atoms with E-state index >= 15 is 0 Å². The lowest BCUT2D eigenvalue weighted by Crippen LogP contribution is -2.33. The Kier molecular flexibility index (Phi) is 6.36. The molecule has 1 amide bonds. The molecule has 1 aromatic rings. The lowest BCUT2D eigenvalue weighted by molar-refractivity contribution is -0.124. The zero-order chi connectivity index (χ0) is 14.3. The molecule has 2 atom stereocenters. The van der Waals surface area contributed by atoms with Crippen molar-refractivity contribution in [2.24, 2.45) is 5.73 Å². The van der Waals surface area contributed by atoms with E-state index in [1.807, 2.05) is 31.2 Å². The highest BCUT2D eigenvalue weighted by molar-refractivity contribution is 5.79. The van der Waals surface area contributed by atoms with Gasteiger partial charge in [-0.1, -0.05) is 39.0 Å². The molecule has 0 aliphatic rings. The quantitative estimate of drug-likeness (QED) is 0.757. The van der Waals surface area contributed by atoms with Crippen molar-refractivity contribution < 1.29 is 9.53 Å². The predicted octanol–water partition coefficient (Wildman–Crippen LogP) is 2.39. The third kappa shape index (κ3) is 4.24. The molecular formula is C15H24N2O2. The standard InChI is InChI=1S/C15H24N2O2/c1-4-12(17-6-3)11-9-7-8-10-14(11)19-13(5-2)15(16)18/h7-10,12-13,17H,4-6H2,1-3H3,(H2,16,18). The second-order valence-electron chi connectivity index (χ2n) is 4.47. The molecule has 0 saturated carbocycles. The molecule has 0 radical (unpaired) electrons. The second-order valence-corrected chi connectivity index (χ2v) is 4.47. The summed E-state index contributed by atoms with van der Waals surface area (Å²) >= 11 is 0. The molecule has 0 aromatic heterocycles. The van der Waals surface area contributed by atoms with E-state index in [2.05, 4.69) is 19.2 Å². The van der Waals surface area contributed by atoms with Crippen LogP contribution in [-0.4, -0.2) is 18.6 Å². The van der Waals surface area contributed by atoms with Crippen molar-refractivity contribution >= 4 is 5.91 Å². The molecule has 1 rings (SSSR count). The molecule has 0 aliphatic heterocycles. The summed E-state index contributed by atoms with van der Waals surface area (Å²) in [4.78, 5) is 11.3. The van der Waals surface area contributed by atoms with Gasteiger partial charge in [0.15, 0.2) is 6.10 Å². The van der Waals surface area contributed by atoms with E-state index < -0.39 is 12.0 Å². The Balaban J connectivity index is 2.97. The summed E-state index contributed by atoms with van der Waals surface area (Å²) in [7, 11) is 0. The third-order valence-corrected chi connectivity index (χ3v) is 3.11. The number of hydrogen-bond donors (Lipinski definition) is 2. The second kappa shape index (κ2) is 7.79. The fraction of sp³-hybridized carbons (Fsp3) is 0.533. The summed E-state index contributed by atoms with van der Waals surface area (Å²) < 4.78 is 5.77. The fourth-order valence-corrected chi connectivity index (χ4v) is 2.09. The highest BCUT2D eigenvalue weighted by Crippen LogP contribution is 2.28. The zero-order valence-electron chi connectivity index (χ0n) is 12.0. The summed E-state index contributed by atoms with van der Waals surface area (Å²) in [6.45, 7) is 6.97. The Morgan fingerprint density at radius 3 is 2.47 bits per heavy atom. The largest absolute Gasteiger partial charge is 0.480 e. The third-order valence-electron chi connectivity index (χ3n) is 3.11. The van der Waals surface area contributed by atoms with Gasteiger partial charge in [-0.25, -0.2) is 0 Å². The first-order valence-corrected chi connectivity index (χ1v) is 6.92. The van der Waals surface area contributed by atoms with Crippen LogP contribution in [-0.2, 0) is 4.79 Å². The van der Waals surface area contributed by atoms with Crippen LogP contribution in [0.5, 0.6) is 5.75 Å². The highest BCUT2D eigenvalue weighted by atomic mass is 16.5. The van der Waals surface area contributed by atoms with Gasteiger partial charge in [-0.2, -0.15) is 0 Å². The van der Waals surface area contributed by atoms with E-state index in [-0.39, 0.29) is 6.04 Å². The number of carbonyl (C=O) groups is 1. The fourth-order valence-electron chi connectivity index (χ4n) is 2.09. The minimum atomic E-state index is -0.569. The summed E-state index contributed by atoms with van der Waals surface area (Å²) in [5.74, 6) is 0.315. The van der Waals surface area contributed by atoms with Gasteiger partial charge in [-0.15, -0.1) is 0 Å². The summed E-state index contributed by atoms with van der Waals surface area (Å²) in [6.07, 6.45) is 0.962. The summed E-state index contributed by atoms with van der Waals surface area (Å²) in [5, 5.41) is 3.41. The van der Waals surface area contributed by atoms with Crippen LogP contribution in [0.4, 0.5) is 0 Å². The van der Waals surface area contributed by atoms with E-state index in [9.17, 15) is 4.79 Å². The molecule has 0 bridgehead atoms. The van der Waals surface area contributed by atoms with Gasteiger partial charge in [-0.05, 0) is 25.5 Å². The maximum atomic E-state index is 11.3. The Morgan fingerprint density at radius 1 is 1.26 bits per heavy atom. The number of nitrogens with two attached hydrogens (primary N) is 1. The van der Waals surface area contributed by atoms with Gasteiger partial charge in [-0.3, -0.25) is 4.79 Å². The molecule has 19 heavy (non-hydrogen) atoms. The smallest absolute Gasteiger partial charge is 0.258 e. The molecule has 0 spiro atoms. The maximum Gasteiger partial charge on any atom is 0.258 e. The number of primary amides is 1. The molecule has 1 aromatic carbocycles. The molecule has 3 N–H and O–H groups in total. The van der Waals surface area contributed by atoms with Crippen LogP contribution in [0.2, 0.25) is 0 Å². The van der Waals surface area contributed by atoms with Crippen molar-refractivity contribution in [3.8, 4) is 5.75 Å². The summed E-state index contributed by atoms with van der Waals surface area (Å²) in [5.41, 5.74) is 6.41. The van der Waals surface area contributed by atoms with Gasteiger partial charge in [0.1, 0.15) is 5.75 Å². The molecule has 0 saturated heterocycles. The van der Waals surface area contributed by atoms with Gasteiger partial charge >= 0.3 is 0 Å². The van der Waals surface area contributed by atoms with Crippen molar-refractivity contribution in [3.05, 3.63) is 29.8 Å². The van der Waals surface area contributed by atoms with E-state index in [0.29, 0.717) is 6.42 Å². The van der Waals surface area contributed by atoms with E-state index in [4.69, 9.17) is 10.5 Å². The number of rotatable bonds is 8. The minimum Gasteiger partial charge on any atom is -0.480 e. The average Bonchev–Trinajstić information content (AvgIpc) is 2.42. The normalized spacial score (nSPS) is 13.8. The van der Waals surface area contributed by atoms with Crippen LogP contribution in [0, 0.1) is 0 Å². The monoisotopic (exact) mass is 264 g/mol. The van der Waals surface area contributed by atoms with Crippen LogP contribution in [0.1, 0.15) is 45.2 Å². The Bertz CT molecular complexity index is 407. The van der Waals surface area contributed by atoms with Crippen LogP contribution in [0.25, 0.3) is 0 Å². The molecule has 4 heteroatoms. The maximum absolute atomic E-state index is 11.3. The molecular weight excluding hydrogens is 240 g/mol. The number of para-hydroxylation sites is 1. The molecule has 106 valence electrons. The number of amides is 1. The van der Waals surface area contributed by atoms with Crippen molar-refractivity contribution in [3.63, 3.8) is 0 Å². The first-order valence-electron chi connectivity index (χ1n) is 6.92. The van der Waals surface area contributed by atoms with E-state index in [1.54, 1.807) is 0 Å². The molecule has 0 aliphatic carbocycles. The van der Waals surface area contributed by atoms with E-state index in [1.165, 1.54) is 0 Å². The predicted molar refractivity (Wildman–Crippen MR) is 77.1 cm³/mol. The van der Waals surface area contributed by atoms with Gasteiger partial charge < -0.3 is 15.8 Å². The van der Waals surface area contributed by atoms with Crippen molar-refractivity contribution in [1.29, 1.82) is 0 Å².